The number of hydrogen-bond acceptors (Lipinski definition) is 5. The Morgan fingerprint density at radius 3 is 2.93 bits per heavy atom. The summed E-state index contributed by atoms with van der Waals surface area (Å²) >= 11 is 0. The molecule has 1 saturated heterocycles. The highest BCUT2D eigenvalue weighted by Gasteiger charge is 2.29. The first-order valence-corrected chi connectivity index (χ1v) is 8.85. The van der Waals surface area contributed by atoms with Crippen LogP contribution in [0.1, 0.15) is 24.8 Å². The third kappa shape index (κ3) is 5.37. The minimum Gasteiger partial charge on any atom is -0.337 e. The van der Waals surface area contributed by atoms with E-state index in [4.69, 9.17) is 0 Å². The summed E-state index contributed by atoms with van der Waals surface area (Å²) in [6, 6.07) is 2.37. The summed E-state index contributed by atoms with van der Waals surface area (Å²) < 4.78 is 1.95. The summed E-state index contributed by atoms with van der Waals surface area (Å²) in [5.41, 5.74) is 0.905. The number of imide groups is 1. The van der Waals surface area contributed by atoms with Gasteiger partial charge in [-0.1, -0.05) is 6.07 Å². The number of carbonyl (C=O) groups excluding carboxylic acids is 3. The molecule has 27 heavy (non-hydrogen) atoms. The molecule has 2 aromatic heterocycles. The second-order valence-corrected chi connectivity index (χ2v) is 6.39. The zero-order chi connectivity index (χ0) is 19.1. The maximum absolute atomic E-state index is 13.0. The van der Waals surface area contributed by atoms with E-state index in [1.807, 2.05) is 22.9 Å². The van der Waals surface area contributed by atoms with Gasteiger partial charge in [-0.05, 0) is 24.5 Å². The van der Waals surface area contributed by atoms with Gasteiger partial charge in [0.25, 0.3) is 0 Å². The van der Waals surface area contributed by atoms with Crippen LogP contribution in [0.5, 0.6) is 0 Å². The molecule has 0 aliphatic carbocycles. The second-order valence-electron chi connectivity index (χ2n) is 6.39. The maximum Gasteiger partial charge on any atom is 0.322 e. The first kappa shape index (κ1) is 18.6. The van der Waals surface area contributed by atoms with Gasteiger partial charge in [0.15, 0.2) is 0 Å². The molecule has 0 unspecified atom stereocenters. The molecule has 3 rings (SSSR count). The number of nitrogens with one attached hydrogen (secondary N) is 2. The lowest BCUT2D eigenvalue weighted by Gasteiger charge is -2.27. The number of urea groups is 1. The third-order valence-corrected chi connectivity index (χ3v) is 4.33. The van der Waals surface area contributed by atoms with E-state index in [-0.39, 0.29) is 24.7 Å². The number of imidazole rings is 1. The number of aryl methyl sites for hydroxylation is 1. The Bertz CT molecular complexity index is 778. The normalized spacial score (nSPS) is 17.0. The molecule has 9 heteroatoms. The van der Waals surface area contributed by atoms with Crippen molar-refractivity contribution in [2.45, 2.75) is 38.4 Å². The minimum atomic E-state index is -0.721. The molecule has 0 bridgehead atoms. The van der Waals surface area contributed by atoms with E-state index in [2.05, 4.69) is 20.6 Å². The van der Waals surface area contributed by atoms with E-state index in [1.54, 1.807) is 29.8 Å². The smallest absolute Gasteiger partial charge is 0.322 e. The Labute approximate surface area is 156 Å². The third-order valence-electron chi connectivity index (χ3n) is 4.33. The van der Waals surface area contributed by atoms with Gasteiger partial charge in [0, 0.05) is 50.8 Å². The van der Waals surface area contributed by atoms with Crippen LogP contribution in [0, 0.1) is 0 Å². The van der Waals surface area contributed by atoms with Gasteiger partial charge >= 0.3 is 6.03 Å². The van der Waals surface area contributed by atoms with Gasteiger partial charge in [0.05, 0.1) is 6.33 Å². The van der Waals surface area contributed by atoms with Gasteiger partial charge in [-0.2, -0.15) is 0 Å². The summed E-state index contributed by atoms with van der Waals surface area (Å²) in [6.45, 7) is 1.64. The Balaban J connectivity index is 1.67. The van der Waals surface area contributed by atoms with Crippen LogP contribution < -0.4 is 10.6 Å². The fourth-order valence-corrected chi connectivity index (χ4v) is 2.98. The standard InChI is InChI=1S/C18H22N6O3/c25-16-5-4-15(21-18(27)22-16)17(26)24(12-14-3-1-6-19-11-14)9-2-8-23-10-7-20-13-23/h1,3,6-7,10-11,13,15H,2,4-5,8-9,12H2,(H2,21,22,25,27)/t15-/m1/s1. The van der Waals surface area contributed by atoms with E-state index >= 15 is 0 Å². The highest BCUT2D eigenvalue weighted by molar-refractivity contribution is 5.98. The van der Waals surface area contributed by atoms with E-state index in [9.17, 15) is 14.4 Å². The van der Waals surface area contributed by atoms with Crippen LogP contribution in [-0.4, -0.2) is 49.9 Å². The second kappa shape index (κ2) is 8.93. The predicted molar refractivity (Wildman–Crippen MR) is 96.2 cm³/mol. The van der Waals surface area contributed by atoms with Crippen molar-refractivity contribution in [3.63, 3.8) is 0 Å². The lowest BCUT2D eigenvalue weighted by Crippen LogP contribution is -2.49. The van der Waals surface area contributed by atoms with Crippen molar-refractivity contribution in [1.29, 1.82) is 0 Å². The summed E-state index contributed by atoms with van der Waals surface area (Å²) in [4.78, 5) is 46.1. The first-order valence-electron chi connectivity index (χ1n) is 8.85. The average molecular weight is 370 g/mol. The van der Waals surface area contributed by atoms with Gasteiger partial charge in [0.2, 0.25) is 11.8 Å². The number of rotatable bonds is 7. The molecule has 2 aromatic rings. The minimum absolute atomic E-state index is 0.130. The molecule has 3 heterocycles. The zero-order valence-electron chi connectivity index (χ0n) is 14.9. The Hall–Kier alpha value is -3.23. The molecule has 2 N–H and O–H groups in total. The zero-order valence-corrected chi connectivity index (χ0v) is 14.9. The summed E-state index contributed by atoms with van der Waals surface area (Å²) in [7, 11) is 0. The molecule has 9 nitrogen and oxygen atoms in total. The van der Waals surface area contributed by atoms with Crippen LogP contribution in [-0.2, 0) is 22.7 Å². The number of carbonyl (C=O) groups is 3. The molecule has 1 atom stereocenters. The quantitative estimate of drug-likeness (QED) is 0.745. The fourth-order valence-electron chi connectivity index (χ4n) is 2.98. The molecule has 1 fully saturated rings. The van der Waals surface area contributed by atoms with Crippen LogP contribution in [0.15, 0.2) is 43.2 Å². The Morgan fingerprint density at radius 2 is 2.19 bits per heavy atom. The van der Waals surface area contributed by atoms with Gasteiger partial charge in [-0.3, -0.25) is 19.9 Å². The largest absolute Gasteiger partial charge is 0.337 e. The van der Waals surface area contributed by atoms with Crippen molar-refractivity contribution >= 4 is 17.8 Å². The van der Waals surface area contributed by atoms with E-state index in [0.29, 0.717) is 13.1 Å². The van der Waals surface area contributed by atoms with Crippen LogP contribution in [0.25, 0.3) is 0 Å². The summed E-state index contributed by atoms with van der Waals surface area (Å²) in [5.74, 6) is -0.573. The van der Waals surface area contributed by atoms with Crippen molar-refractivity contribution < 1.29 is 14.4 Å². The Morgan fingerprint density at radius 1 is 1.30 bits per heavy atom. The van der Waals surface area contributed by atoms with Crippen molar-refractivity contribution in [3.05, 3.63) is 48.8 Å². The van der Waals surface area contributed by atoms with Crippen LogP contribution in [0.4, 0.5) is 4.79 Å². The van der Waals surface area contributed by atoms with E-state index in [1.165, 1.54) is 0 Å². The fraction of sp³-hybridized carbons (Fsp3) is 0.389. The van der Waals surface area contributed by atoms with Crippen LogP contribution >= 0.6 is 0 Å². The average Bonchev–Trinajstić information content (AvgIpc) is 3.11. The number of nitrogens with zero attached hydrogens (tertiary/aromatic N) is 4. The highest BCUT2D eigenvalue weighted by atomic mass is 16.2. The molecular weight excluding hydrogens is 348 g/mol. The molecule has 142 valence electrons. The molecular formula is C18H22N6O3. The molecule has 4 amide bonds. The molecule has 1 aliphatic heterocycles. The van der Waals surface area contributed by atoms with E-state index in [0.717, 1.165) is 18.5 Å². The van der Waals surface area contributed by atoms with Crippen molar-refractivity contribution in [2.24, 2.45) is 0 Å². The Kier molecular flexibility index (Phi) is 6.14. The number of aromatic nitrogens is 3. The topological polar surface area (TPSA) is 109 Å². The van der Waals surface area contributed by atoms with Crippen molar-refractivity contribution in [3.8, 4) is 0 Å². The number of pyridine rings is 1. The van der Waals surface area contributed by atoms with Gasteiger partial charge in [0.1, 0.15) is 6.04 Å². The van der Waals surface area contributed by atoms with E-state index < -0.39 is 12.1 Å². The summed E-state index contributed by atoms with van der Waals surface area (Å²) in [5, 5.41) is 4.78. The molecule has 0 saturated carbocycles. The van der Waals surface area contributed by atoms with Crippen molar-refractivity contribution in [1.82, 2.24) is 30.1 Å². The monoisotopic (exact) mass is 370 g/mol. The van der Waals surface area contributed by atoms with Gasteiger partial charge in [-0.25, -0.2) is 9.78 Å². The highest BCUT2D eigenvalue weighted by Crippen LogP contribution is 2.11. The maximum atomic E-state index is 13.0. The molecule has 1 aliphatic rings. The lowest BCUT2D eigenvalue weighted by molar-refractivity contribution is -0.134. The number of amides is 4. The van der Waals surface area contributed by atoms with Crippen molar-refractivity contribution in [2.75, 3.05) is 6.54 Å². The first-order chi connectivity index (χ1) is 13.1. The molecule has 0 radical (unpaired) electrons. The molecule has 0 spiro atoms. The van der Waals surface area contributed by atoms with Gasteiger partial charge in [-0.15, -0.1) is 0 Å². The van der Waals surface area contributed by atoms with Gasteiger partial charge < -0.3 is 14.8 Å². The SMILES string of the molecule is O=C1CC[C@H](C(=O)N(CCCn2ccnc2)Cc2cccnc2)NC(=O)N1. The predicted octanol–water partition coefficient (Wildman–Crippen LogP) is 0.685. The molecule has 0 aromatic carbocycles. The lowest BCUT2D eigenvalue weighted by atomic mass is 10.1. The van der Waals surface area contributed by atoms with Crippen LogP contribution in [0.3, 0.4) is 0 Å². The summed E-state index contributed by atoms with van der Waals surface area (Å²) in [6.07, 6.45) is 9.85. The van der Waals surface area contributed by atoms with Crippen LogP contribution in [0.2, 0.25) is 0 Å². The number of hydrogen-bond donors (Lipinski definition) is 2.